The number of likely N-dealkylation sites (tertiary alicyclic amines) is 1. The number of amides is 1. The second-order valence-corrected chi connectivity index (χ2v) is 7.87. The van der Waals surface area contributed by atoms with Crippen molar-refractivity contribution < 1.29 is 9.53 Å². The number of ether oxygens (including phenoxy) is 1. The number of piperidine rings is 2. The fourth-order valence-electron chi connectivity index (χ4n) is 4.04. The number of rotatable bonds is 6. The Morgan fingerprint density at radius 2 is 2.12 bits per heavy atom. The van der Waals surface area contributed by atoms with Crippen molar-refractivity contribution in [2.45, 2.75) is 38.6 Å². The Morgan fingerprint density at radius 3 is 2.88 bits per heavy atom. The summed E-state index contributed by atoms with van der Waals surface area (Å²) in [5.41, 5.74) is 1.21. The topological polar surface area (TPSA) is 44.8 Å². The lowest BCUT2D eigenvalue weighted by molar-refractivity contribution is -0.134. The van der Waals surface area contributed by atoms with Crippen molar-refractivity contribution in [2.24, 2.45) is 5.92 Å². The summed E-state index contributed by atoms with van der Waals surface area (Å²) in [6.45, 7) is 7.14. The summed E-state index contributed by atoms with van der Waals surface area (Å²) >= 11 is 0. The van der Waals surface area contributed by atoms with E-state index in [4.69, 9.17) is 4.74 Å². The number of hydrogen-bond acceptors (Lipinski definition) is 4. The number of aryl methyl sites for hydroxylation is 1. The molecule has 144 valence electrons. The molecule has 1 atom stereocenters. The SMILES string of the molecule is Cc1cccc(OCC2CCCN(C(=O)CN(C)C3CCNCC3)C2)c1. The molecule has 5 heteroatoms. The molecular formula is C21H33N3O2. The van der Waals surface area contributed by atoms with Crippen LogP contribution in [-0.4, -0.2) is 68.1 Å². The standard InChI is InChI=1S/C21H33N3O2/c1-17-5-3-7-20(13-17)26-16-18-6-4-12-24(14-18)21(25)15-23(2)19-8-10-22-11-9-19/h3,5,7,13,18-19,22H,4,6,8-12,14-16H2,1-2H3. The van der Waals surface area contributed by atoms with Crippen molar-refractivity contribution in [1.29, 1.82) is 0 Å². The zero-order chi connectivity index (χ0) is 18.4. The Bertz CT molecular complexity index is 586. The molecule has 2 fully saturated rings. The second-order valence-electron chi connectivity index (χ2n) is 7.87. The predicted octanol–water partition coefficient (Wildman–Crippen LogP) is 2.30. The van der Waals surface area contributed by atoms with Crippen LogP contribution in [0.3, 0.4) is 0 Å². The fourth-order valence-corrected chi connectivity index (χ4v) is 4.04. The lowest BCUT2D eigenvalue weighted by atomic mass is 9.98. The minimum atomic E-state index is 0.270. The third-order valence-electron chi connectivity index (χ3n) is 5.66. The molecule has 1 amide bonds. The second kappa shape index (κ2) is 9.38. The Balaban J connectivity index is 1.45. The molecular weight excluding hydrogens is 326 g/mol. The molecule has 0 saturated carbocycles. The van der Waals surface area contributed by atoms with Crippen molar-refractivity contribution >= 4 is 5.91 Å². The van der Waals surface area contributed by atoms with E-state index in [-0.39, 0.29) is 5.91 Å². The van der Waals surface area contributed by atoms with Gasteiger partial charge in [-0.3, -0.25) is 9.69 Å². The van der Waals surface area contributed by atoms with Crippen LogP contribution in [0.4, 0.5) is 0 Å². The monoisotopic (exact) mass is 359 g/mol. The van der Waals surface area contributed by atoms with E-state index in [1.54, 1.807) is 0 Å². The summed E-state index contributed by atoms with van der Waals surface area (Å²) in [6, 6.07) is 8.71. The largest absolute Gasteiger partial charge is 0.493 e. The van der Waals surface area contributed by atoms with Gasteiger partial charge in [-0.05, 0) is 70.4 Å². The molecule has 0 radical (unpaired) electrons. The fraction of sp³-hybridized carbons (Fsp3) is 0.667. The first-order valence-electron chi connectivity index (χ1n) is 10.00. The Kier molecular flexibility index (Phi) is 6.92. The van der Waals surface area contributed by atoms with Crippen LogP contribution < -0.4 is 10.1 Å². The quantitative estimate of drug-likeness (QED) is 0.846. The first-order valence-corrected chi connectivity index (χ1v) is 10.00. The zero-order valence-electron chi connectivity index (χ0n) is 16.2. The van der Waals surface area contributed by atoms with Crippen LogP contribution >= 0.6 is 0 Å². The minimum Gasteiger partial charge on any atom is -0.493 e. The van der Waals surface area contributed by atoms with Crippen molar-refractivity contribution in [1.82, 2.24) is 15.1 Å². The van der Waals surface area contributed by atoms with Gasteiger partial charge >= 0.3 is 0 Å². The number of nitrogens with zero attached hydrogens (tertiary/aromatic N) is 2. The lowest BCUT2D eigenvalue weighted by Gasteiger charge is -2.36. The van der Waals surface area contributed by atoms with Gasteiger partial charge in [0.15, 0.2) is 0 Å². The number of benzene rings is 1. The molecule has 0 bridgehead atoms. The third-order valence-corrected chi connectivity index (χ3v) is 5.66. The van der Waals surface area contributed by atoms with Gasteiger partial charge < -0.3 is 15.0 Å². The average molecular weight is 360 g/mol. The first kappa shape index (κ1) is 19.2. The maximum absolute atomic E-state index is 12.7. The van der Waals surface area contributed by atoms with E-state index in [1.807, 2.05) is 17.0 Å². The zero-order valence-corrected chi connectivity index (χ0v) is 16.2. The molecule has 2 aliphatic heterocycles. The summed E-state index contributed by atoms with van der Waals surface area (Å²) in [4.78, 5) is 17.0. The molecule has 3 rings (SSSR count). The van der Waals surface area contributed by atoms with Crippen LogP contribution in [0, 0.1) is 12.8 Å². The van der Waals surface area contributed by atoms with Crippen LogP contribution in [0.1, 0.15) is 31.2 Å². The van der Waals surface area contributed by atoms with Crippen molar-refractivity contribution in [3.05, 3.63) is 29.8 Å². The van der Waals surface area contributed by atoms with E-state index in [0.717, 1.165) is 57.6 Å². The van der Waals surface area contributed by atoms with Crippen LogP contribution in [-0.2, 0) is 4.79 Å². The Hall–Kier alpha value is -1.59. The van der Waals surface area contributed by atoms with Gasteiger partial charge in [0.05, 0.1) is 13.2 Å². The molecule has 5 nitrogen and oxygen atoms in total. The van der Waals surface area contributed by atoms with Gasteiger partial charge in [0.2, 0.25) is 5.91 Å². The van der Waals surface area contributed by atoms with Crippen molar-refractivity contribution in [3.63, 3.8) is 0 Å². The van der Waals surface area contributed by atoms with E-state index in [2.05, 4.69) is 36.3 Å². The molecule has 2 aliphatic rings. The minimum absolute atomic E-state index is 0.270. The molecule has 1 aromatic rings. The van der Waals surface area contributed by atoms with Gasteiger partial charge in [0, 0.05) is 25.0 Å². The summed E-state index contributed by atoms with van der Waals surface area (Å²) in [5, 5.41) is 3.39. The van der Waals surface area contributed by atoms with E-state index in [1.165, 1.54) is 5.56 Å². The molecule has 0 aromatic heterocycles. The average Bonchev–Trinajstić information content (AvgIpc) is 2.67. The van der Waals surface area contributed by atoms with Crippen molar-refractivity contribution in [3.8, 4) is 5.75 Å². The van der Waals surface area contributed by atoms with Gasteiger partial charge in [0.25, 0.3) is 0 Å². The molecule has 1 unspecified atom stereocenters. The van der Waals surface area contributed by atoms with Gasteiger partial charge in [-0.15, -0.1) is 0 Å². The summed E-state index contributed by atoms with van der Waals surface area (Å²) in [7, 11) is 2.09. The van der Waals surface area contributed by atoms with Gasteiger partial charge in [0.1, 0.15) is 5.75 Å². The molecule has 26 heavy (non-hydrogen) atoms. The Morgan fingerprint density at radius 1 is 1.31 bits per heavy atom. The number of hydrogen-bond donors (Lipinski definition) is 1. The van der Waals surface area contributed by atoms with E-state index in [9.17, 15) is 4.79 Å². The summed E-state index contributed by atoms with van der Waals surface area (Å²) in [6.07, 6.45) is 4.48. The molecule has 2 heterocycles. The maximum Gasteiger partial charge on any atom is 0.236 e. The normalized spacial score (nSPS) is 21.8. The van der Waals surface area contributed by atoms with E-state index >= 15 is 0 Å². The highest BCUT2D eigenvalue weighted by atomic mass is 16.5. The molecule has 1 N–H and O–H groups in total. The highest BCUT2D eigenvalue weighted by molar-refractivity contribution is 5.78. The smallest absolute Gasteiger partial charge is 0.236 e. The van der Waals surface area contributed by atoms with Crippen LogP contribution in [0.25, 0.3) is 0 Å². The van der Waals surface area contributed by atoms with Gasteiger partial charge in [-0.1, -0.05) is 12.1 Å². The molecule has 1 aromatic carbocycles. The number of nitrogens with one attached hydrogen (secondary N) is 1. The van der Waals surface area contributed by atoms with E-state index in [0.29, 0.717) is 25.1 Å². The van der Waals surface area contributed by atoms with Crippen LogP contribution in [0.15, 0.2) is 24.3 Å². The highest BCUT2D eigenvalue weighted by Crippen LogP contribution is 2.20. The lowest BCUT2D eigenvalue weighted by Crippen LogP contribution is -2.49. The molecule has 2 saturated heterocycles. The summed E-state index contributed by atoms with van der Waals surface area (Å²) in [5.74, 6) is 1.63. The van der Waals surface area contributed by atoms with Crippen LogP contribution in [0.2, 0.25) is 0 Å². The van der Waals surface area contributed by atoms with Gasteiger partial charge in [-0.2, -0.15) is 0 Å². The maximum atomic E-state index is 12.7. The number of likely N-dealkylation sites (N-methyl/N-ethyl adjacent to an activating group) is 1. The first-order chi connectivity index (χ1) is 12.6. The third kappa shape index (κ3) is 5.45. The van der Waals surface area contributed by atoms with Gasteiger partial charge in [-0.25, -0.2) is 0 Å². The number of carbonyl (C=O) groups excluding carboxylic acids is 1. The highest BCUT2D eigenvalue weighted by Gasteiger charge is 2.26. The van der Waals surface area contributed by atoms with Crippen LogP contribution in [0.5, 0.6) is 5.75 Å². The molecule has 0 spiro atoms. The predicted molar refractivity (Wildman–Crippen MR) is 104 cm³/mol. The number of carbonyl (C=O) groups is 1. The molecule has 0 aliphatic carbocycles. The van der Waals surface area contributed by atoms with Crippen molar-refractivity contribution in [2.75, 3.05) is 46.4 Å². The van der Waals surface area contributed by atoms with E-state index < -0.39 is 0 Å². The summed E-state index contributed by atoms with van der Waals surface area (Å²) < 4.78 is 5.98. The Labute approximate surface area is 157 Å².